The number of carbonyl (C=O) groups excluding carboxylic acids is 1. The van der Waals surface area contributed by atoms with Crippen molar-refractivity contribution in [3.05, 3.63) is 30.4 Å². The fraction of sp³-hybridized carbons (Fsp3) is 0.500. The van der Waals surface area contributed by atoms with Gasteiger partial charge in [0.25, 0.3) is 0 Å². The van der Waals surface area contributed by atoms with Crippen LogP contribution in [0.2, 0.25) is 0 Å². The number of rotatable bonds is 0. The Morgan fingerprint density at radius 3 is 2.71 bits per heavy atom. The average molecular weight is 452 g/mol. The zero-order valence-electron chi connectivity index (χ0n) is 9.51. The van der Waals surface area contributed by atoms with Crippen LogP contribution in [0.1, 0.15) is 41.6 Å². The van der Waals surface area contributed by atoms with Crippen LogP contribution in [0.3, 0.4) is 0 Å². The van der Waals surface area contributed by atoms with Crippen LogP contribution in [-0.4, -0.2) is 5.78 Å². The molecule has 1 nitrogen and oxygen atoms in total. The summed E-state index contributed by atoms with van der Waals surface area (Å²) in [4.78, 5) is 12.5. The molecule has 0 aromatic heterocycles. The van der Waals surface area contributed by atoms with Crippen molar-refractivity contribution in [2.75, 3.05) is 0 Å². The summed E-state index contributed by atoms with van der Waals surface area (Å²) >= 11 is 4.70. The normalized spacial score (nSPS) is 27.5. The summed E-state index contributed by atoms with van der Waals surface area (Å²) < 4.78 is 2.47. The van der Waals surface area contributed by atoms with E-state index in [1.54, 1.807) is 0 Å². The molecule has 0 bridgehead atoms. The number of ketones is 1. The van der Waals surface area contributed by atoms with Gasteiger partial charge in [0.15, 0.2) is 5.78 Å². The van der Waals surface area contributed by atoms with E-state index in [4.69, 9.17) is 0 Å². The van der Waals surface area contributed by atoms with Crippen molar-refractivity contribution in [1.82, 2.24) is 0 Å². The van der Waals surface area contributed by atoms with Gasteiger partial charge in [-0.25, -0.2) is 0 Å². The largest absolute Gasteiger partial charge is 0.294 e. The van der Waals surface area contributed by atoms with E-state index < -0.39 is 0 Å². The fourth-order valence-electron chi connectivity index (χ4n) is 3.29. The zero-order valence-corrected chi connectivity index (χ0v) is 13.8. The van der Waals surface area contributed by atoms with Gasteiger partial charge in [-0.15, -0.1) is 0 Å². The van der Waals surface area contributed by atoms with E-state index in [-0.39, 0.29) is 0 Å². The van der Waals surface area contributed by atoms with Crippen LogP contribution in [0.5, 0.6) is 0 Å². The Morgan fingerprint density at radius 2 is 1.88 bits per heavy atom. The Morgan fingerprint density at radius 1 is 1.12 bits per heavy atom. The second-order valence-corrected chi connectivity index (χ2v) is 7.54. The topological polar surface area (TPSA) is 17.1 Å². The van der Waals surface area contributed by atoms with Crippen molar-refractivity contribution < 1.29 is 4.79 Å². The lowest BCUT2D eigenvalue weighted by atomic mass is 9.68. The smallest absolute Gasteiger partial charge is 0.166 e. The predicted molar refractivity (Wildman–Crippen MR) is 85.4 cm³/mol. The molecule has 2 atom stereocenters. The van der Waals surface area contributed by atoms with Crippen molar-refractivity contribution in [1.29, 1.82) is 0 Å². The lowest BCUT2D eigenvalue weighted by Gasteiger charge is -2.35. The van der Waals surface area contributed by atoms with E-state index in [1.807, 2.05) is 0 Å². The summed E-state index contributed by atoms with van der Waals surface area (Å²) in [6.45, 7) is 0. The van der Waals surface area contributed by atoms with Crippen LogP contribution in [0.15, 0.2) is 12.1 Å². The molecule has 2 aliphatic rings. The first-order valence-electron chi connectivity index (χ1n) is 6.19. The van der Waals surface area contributed by atoms with Gasteiger partial charge in [-0.1, -0.05) is 12.8 Å². The average Bonchev–Trinajstić information content (AvgIpc) is 2.31. The third-order valence-electron chi connectivity index (χ3n) is 4.14. The van der Waals surface area contributed by atoms with Gasteiger partial charge in [0.05, 0.1) is 0 Å². The van der Waals surface area contributed by atoms with Crippen LogP contribution >= 0.6 is 45.2 Å². The van der Waals surface area contributed by atoms with Gasteiger partial charge >= 0.3 is 0 Å². The van der Waals surface area contributed by atoms with E-state index >= 15 is 0 Å². The molecule has 0 N–H and O–H groups in total. The molecule has 2 unspecified atom stereocenters. The van der Waals surface area contributed by atoms with Crippen molar-refractivity contribution in [2.45, 2.75) is 32.1 Å². The number of hydrogen-bond donors (Lipinski definition) is 0. The Hall–Kier alpha value is 0.350. The third kappa shape index (κ3) is 2.17. The van der Waals surface area contributed by atoms with Gasteiger partial charge in [-0.3, -0.25) is 4.79 Å². The molecule has 1 saturated carbocycles. The van der Waals surface area contributed by atoms with Gasteiger partial charge in [0, 0.05) is 18.6 Å². The molecule has 0 saturated heterocycles. The summed E-state index contributed by atoms with van der Waals surface area (Å²) in [6.07, 6.45) is 6.04. The van der Waals surface area contributed by atoms with E-state index in [1.165, 1.54) is 32.0 Å². The maximum absolute atomic E-state index is 12.5. The Balaban J connectivity index is 2.09. The number of hydrogen-bond acceptors (Lipinski definition) is 1. The minimum Gasteiger partial charge on any atom is -0.294 e. The molecule has 1 aromatic carbocycles. The molecule has 3 heteroatoms. The second-order valence-electron chi connectivity index (χ2n) is 5.13. The summed E-state index contributed by atoms with van der Waals surface area (Å²) in [5, 5.41) is 0. The molecule has 17 heavy (non-hydrogen) atoms. The molecule has 90 valence electrons. The molecule has 0 amide bonds. The maximum atomic E-state index is 12.5. The molecular formula is C14H14I2O. The first kappa shape index (κ1) is 12.4. The zero-order chi connectivity index (χ0) is 12.0. The number of benzene rings is 1. The Bertz CT molecular complexity index is 481. The molecule has 1 aromatic rings. The highest BCUT2D eigenvalue weighted by atomic mass is 127. The van der Waals surface area contributed by atoms with Crippen LogP contribution in [0.4, 0.5) is 0 Å². The van der Waals surface area contributed by atoms with Crippen LogP contribution in [0.25, 0.3) is 0 Å². The molecule has 0 aliphatic heterocycles. The van der Waals surface area contributed by atoms with E-state index in [9.17, 15) is 4.79 Å². The third-order valence-corrected chi connectivity index (χ3v) is 5.72. The second kappa shape index (κ2) is 4.79. The van der Waals surface area contributed by atoms with E-state index in [0.717, 1.165) is 18.4 Å². The van der Waals surface area contributed by atoms with Gasteiger partial charge in [0.1, 0.15) is 0 Å². The maximum Gasteiger partial charge on any atom is 0.166 e. The first-order chi connectivity index (χ1) is 8.16. The number of Topliss-reactive ketones (excluding diaryl/α,β-unsaturated/α-hetero) is 1. The SMILES string of the molecule is O=C1c2cc(I)cc(I)c2CC2CCCCC12. The van der Waals surface area contributed by atoms with Gasteiger partial charge < -0.3 is 0 Å². The monoisotopic (exact) mass is 452 g/mol. The lowest BCUT2D eigenvalue weighted by molar-refractivity contribution is 0.0800. The van der Waals surface area contributed by atoms with Crippen molar-refractivity contribution in [3.8, 4) is 0 Å². The summed E-state index contributed by atoms with van der Waals surface area (Å²) in [6, 6.07) is 4.28. The van der Waals surface area contributed by atoms with Crippen molar-refractivity contribution in [2.24, 2.45) is 11.8 Å². The lowest BCUT2D eigenvalue weighted by Crippen LogP contribution is -2.34. The Kier molecular flexibility index (Phi) is 3.49. The number of fused-ring (bicyclic) bond motifs is 2. The van der Waals surface area contributed by atoms with Gasteiger partial charge in [-0.05, 0) is 88.1 Å². The van der Waals surface area contributed by atoms with Gasteiger partial charge in [0.2, 0.25) is 0 Å². The highest BCUT2D eigenvalue weighted by Crippen LogP contribution is 2.41. The number of carbonyl (C=O) groups is 1. The molecular weight excluding hydrogens is 438 g/mol. The first-order valence-corrected chi connectivity index (χ1v) is 8.34. The minimum absolute atomic E-state index is 0.324. The van der Waals surface area contributed by atoms with Gasteiger partial charge in [-0.2, -0.15) is 0 Å². The quantitative estimate of drug-likeness (QED) is 0.533. The number of halogens is 2. The van der Waals surface area contributed by atoms with Crippen LogP contribution in [-0.2, 0) is 6.42 Å². The molecule has 2 aliphatic carbocycles. The van der Waals surface area contributed by atoms with Crippen LogP contribution < -0.4 is 0 Å². The van der Waals surface area contributed by atoms with Crippen molar-refractivity contribution >= 4 is 51.0 Å². The summed E-state index contributed by atoms with van der Waals surface area (Å²) in [5.74, 6) is 1.37. The van der Waals surface area contributed by atoms with E-state index in [0.29, 0.717) is 17.6 Å². The highest BCUT2D eigenvalue weighted by molar-refractivity contribution is 14.1. The predicted octanol–water partition coefficient (Wildman–Crippen LogP) is 4.44. The van der Waals surface area contributed by atoms with E-state index in [2.05, 4.69) is 57.3 Å². The summed E-state index contributed by atoms with van der Waals surface area (Å²) in [5.41, 5.74) is 2.34. The van der Waals surface area contributed by atoms with Crippen LogP contribution in [0, 0.1) is 19.0 Å². The molecule has 0 spiro atoms. The Labute approximate surface area is 129 Å². The minimum atomic E-state index is 0.324. The molecule has 0 radical (unpaired) electrons. The summed E-state index contributed by atoms with van der Waals surface area (Å²) in [7, 11) is 0. The fourth-order valence-corrected chi connectivity index (χ4v) is 5.35. The molecule has 3 rings (SSSR count). The molecule has 1 fully saturated rings. The molecule has 0 heterocycles. The van der Waals surface area contributed by atoms with Crippen molar-refractivity contribution in [3.63, 3.8) is 0 Å². The standard InChI is InChI=1S/C14H14I2O/c15-9-6-12-11(13(16)7-9)5-8-3-1-2-4-10(8)14(12)17/h6-8,10H,1-5H2. The highest BCUT2D eigenvalue weighted by Gasteiger charge is 2.37.